The molecule has 0 atom stereocenters. The van der Waals surface area contributed by atoms with E-state index in [4.69, 9.17) is 4.74 Å². The lowest BCUT2D eigenvalue weighted by Crippen LogP contribution is -2.41. The van der Waals surface area contributed by atoms with Gasteiger partial charge in [0.2, 0.25) is 5.91 Å². The molecule has 1 aromatic carbocycles. The van der Waals surface area contributed by atoms with Gasteiger partial charge in [0.1, 0.15) is 10.7 Å². The first-order valence-electron chi connectivity index (χ1n) is 9.25. The fourth-order valence-electron chi connectivity index (χ4n) is 3.19. The van der Waals surface area contributed by atoms with Crippen LogP contribution in [0.4, 0.5) is 5.69 Å². The van der Waals surface area contributed by atoms with Gasteiger partial charge in [-0.1, -0.05) is 12.1 Å². The lowest BCUT2D eigenvalue weighted by Gasteiger charge is -2.28. The number of nitrogens with one attached hydrogen (secondary N) is 1. The van der Waals surface area contributed by atoms with Gasteiger partial charge < -0.3 is 15.0 Å². The van der Waals surface area contributed by atoms with Gasteiger partial charge in [-0.2, -0.15) is 0 Å². The molecule has 1 fully saturated rings. The van der Waals surface area contributed by atoms with Crippen molar-refractivity contribution in [3.63, 3.8) is 0 Å². The predicted octanol–water partition coefficient (Wildman–Crippen LogP) is 1.84. The molecule has 7 nitrogen and oxygen atoms in total. The van der Waals surface area contributed by atoms with Gasteiger partial charge in [0.15, 0.2) is 0 Å². The summed E-state index contributed by atoms with van der Waals surface area (Å²) in [6.07, 6.45) is 0. The summed E-state index contributed by atoms with van der Waals surface area (Å²) >= 11 is 2.97. The van der Waals surface area contributed by atoms with E-state index >= 15 is 0 Å². The molecular formula is C19H22N4O3S2. The molecule has 9 heteroatoms. The number of anilines is 1. The number of carbonyl (C=O) groups is 2. The number of ether oxygens (including phenoxy) is 1. The van der Waals surface area contributed by atoms with Crippen molar-refractivity contribution < 1.29 is 14.3 Å². The van der Waals surface area contributed by atoms with E-state index < -0.39 is 0 Å². The van der Waals surface area contributed by atoms with Crippen LogP contribution in [0.3, 0.4) is 0 Å². The van der Waals surface area contributed by atoms with E-state index in [0.717, 1.165) is 48.4 Å². The predicted molar refractivity (Wildman–Crippen MR) is 110 cm³/mol. The van der Waals surface area contributed by atoms with Gasteiger partial charge in [-0.25, -0.2) is 4.98 Å². The number of benzene rings is 1. The molecule has 0 bridgehead atoms. The average molecular weight is 419 g/mol. The molecule has 1 aromatic heterocycles. The number of thioether (sulfide) groups is 1. The zero-order chi connectivity index (χ0) is 19.3. The molecule has 2 amide bonds. The highest BCUT2D eigenvalue weighted by Gasteiger charge is 2.25. The van der Waals surface area contributed by atoms with Gasteiger partial charge in [-0.3, -0.25) is 14.5 Å². The van der Waals surface area contributed by atoms with Gasteiger partial charge in [0.25, 0.3) is 5.91 Å². The monoisotopic (exact) mass is 418 g/mol. The van der Waals surface area contributed by atoms with Crippen LogP contribution < -0.4 is 10.2 Å². The van der Waals surface area contributed by atoms with E-state index in [-0.39, 0.29) is 11.8 Å². The number of nitrogens with zero attached hydrogens (tertiary/aromatic N) is 3. The van der Waals surface area contributed by atoms with Crippen LogP contribution in [-0.2, 0) is 16.1 Å². The summed E-state index contributed by atoms with van der Waals surface area (Å²) in [6, 6.07) is 7.88. The van der Waals surface area contributed by atoms with Crippen LogP contribution in [0, 0.1) is 0 Å². The number of carbonyl (C=O) groups excluding carboxylic acids is 2. The largest absolute Gasteiger partial charge is 0.379 e. The molecule has 2 aromatic rings. The Balaban J connectivity index is 1.34. The molecule has 148 valence electrons. The zero-order valence-corrected chi connectivity index (χ0v) is 17.1. The van der Waals surface area contributed by atoms with Crippen LogP contribution in [-0.4, -0.2) is 66.8 Å². The first-order chi connectivity index (χ1) is 13.7. The molecule has 0 spiro atoms. The van der Waals surface area contributed by atoms with Crippen molar-refractivity contribution in [3.05, 3.63) is 40.3 Å². The summed E-state index contributed by atoms with van der Waals surface area (Å²) < 4.78 is 5.32. The SMILES string of the molecule is O=C(NCCN1CCOCC1)c1csc(CN2C(=O)CSc3ccccc32)n1. The highest BCUT2D eigenvalue weighted by molar-refractivity contribution is 8.00. The Morgan fingerprint density at radius 3 is 2.93 bits per heavy atom. The van der Waals surface area contributed by atoms with E-state index in [9.17, 15) is 9.59 Å². The minimum absolute atomic E-state index is 0.0652. The van der Waals surface area contributed by atoms with Crippen LogP contribution in [0.15, 0.2) is 34.5 Å². The molecule has 1 N–H and O–H groups in total. The number of hydrogen-bond donors (Lipinski definition) is 1. The molecule has 1 saturated heterocycles. The number of morpholine rings is 1. The number of hydrogen-bond acceptors (Lipinski definition) is 7. The van der Waals surface area contributed by atoms with Crippen LogP contribution in [0.25, 0.3) is 0 Å². The fourth-order valence-corrected chi connectivity index (χ4v) is 4.89. The second-order valence-electron chi connectivity index (χ2n) is 6.57. The Morgan fingerprint density at radius 1 is 1.25 bits per heavy atom. The molecule has 28 heavy (non-hydrogen) atoms. The standard InChI is InChI=1S/C19H22N4O3S2/c24-18-13-27-16-4-2-1-3-15(16)23(18)11-17-21-14(12-28-17)19(25)20-5-6-22-7-9-26-10-8-22/h1-4,12H,5-11,13H2,(H,20,25). The van der Waals surface area contributed by atoms with Crippen molar-refractivity contribution in [3.8, 4) is 0 Å². The maximum Gasteiger partial charge on any atom is 0.270 e. The smallest absolute Gasteiger partial charge is 0.270 e. The maximum atomic E-state index is 12.4. The first kappa shape index (κ1) is 19.4. The van der Waals surface area contributed by atoms with Crippen LogP contribution in [0.1, 0.15) is 15.5 Å². The van der Waals surface area contributed by atoms with E-state index in [0.29, 0.717) is 24.5 Å². The van der Waals surface area contributed by atoms with Crippen molar-refractivity contribution in [1.29, 1.82) is 0 Å². The summed E-state index contributed by atoms with van der Waals surface area (Å²) in [4.78, 5) is 34.3. The van der Waals surface area contributed by atoms with Crippen LogP contribution in [0.5, 0.6) is 0 Å². The van der Waals surface area contributed by atoms with Crippen LogP contribution in [0.2, 0.25) is 0 Å². The number of amides is 2. The highest BCUT2D eigenvalue weighted by Crippen LogP contribution is 2.35. The summed E-state index contributed by atoms with van der Waals surface area (Å²) in [5.41, 5.74) is 1.32. The molecule has 0 aliphatic carbocycles. The van der Waals surface area contributed by atoms with Crippen molar-refractivity contribution in [2.45, 2.75) is 11.4 Å². The number of thiazole rings is 1. The Hall–Kier alpha value is -1.94. The van der Waals surface area contributed by atoms with E-state index in [1.54, 1.807) is 22.0 Å². The lowest BCUT2D eigenvalue weighted by molar-refractivity contribution is -0.116. The third-order valence-electron chi connectivity index (χ3n) is 4.70. The van der Waals surface area contributed by atoms with Crippen LogP contribution >= 0.6 is 23.1 Å². The third kappa shape index (κ3) is 4.54. The van der Waals surface area contributed by atoms with Crippen molar-refractivity contribution >= 4 is 40.6 Å². The van der Waals surface area contributed by atoms with Gasteiger partial charge in [-0.15, -0.1) is 23.1 Å². The minimum Gasteiger partial charge on any atom is -0.379 e. The maximum absolute atomic E-state index is 12.4. The number of rotatable bonds is 6. The molecule has 0 radical (unpaired) electrons. The zero-order valence-electron chi connectivity index (χ0n) is 15.4. The quantitative estimate of drug-likeness (QED) is 0.772. The van der Waals surface area contributed by atoms with E-state index in [1.165, 1.54) is 11.3 Å². The van der Waals surface area contributed by atoms with Crippen molar-refractivity contribution in [2.24, 2.45) is 0 Å². The van der Waals surface area contributed by atoms with E-state index in [1.807, 2.05) is 24.3 Å². The normalized spacial score (nSPS) is 17.4. The Labute approximate surface area is 172 Å². The molecule has 4 rings (SSSR count). The summed E-state index contributed by atoms with van der Waals surface area (Å²) in [5.74, 6) is 0.323. The molecule has 0 unspecified atom stereocenters. The second-order valence-corrected chi connectivity index (χ2v) is 8.53. The van der Waals surface area contributed by atoms with Crippen molar-refractivity contribution in [1.82, 2.24) is 15.2 Å². The third-order valence-corrected chi connectivity index (χ3v) is 6.58. The summed E-state index contributed by atoms with van der Waals surface area (Å²) in [5, 5.41) is 5.44. The first-order valence-corrected chi connectivity index (χ1v) is 11.1. The molecule has 2 aliphatic heterocycles. The van der Waals surface area contributed by atoms with Crippen molar-refractivity contribution in [2.75, 3.05) is 50.0 Å². The van der Waals surface area contributed by atoms with E-state index in [2.05, 4.69) is 15.2 Å². The minimum atomic E-state index is -0.170. The molecule has 0 saturated carbocycles. The topological polar surface area (TPSA) is 74.8 Å². The fraction of sp³-hybridized carbons (Fsp3) is 0.421. The lowest BCUT2D eigenvalue weighted by atomic mass is 10.2. The molecule has 2 aliphatic rings. The van der Waals surface area contributed by atoms with Gasteiger partial charge in [0, 0.05) is 36.5 Å². The van der Waals surface area contributed by atoms with Gasteiger partial charge in [-0.05, 0) is 12.1 Å². The highest BCUT2D eigenvalue weighted by atomic mass is 32.2. The Kier molecular flexibility index (Phi) is 6.26. The Bertz CT molecular complexity index is 851. The van der Waals surface area contributed by atoms with Gasteiger partial charge in [0.05, 0.1) is 31.2 Å². The van der Waals surface area contributed by atoms with Gasteiger partial charge >= 0.3 is 0 Å². The number of para-hydroxylation sites is 1. The molecular weight excluding hydrogens is 396 g/mol. The summed E-state index contributed by atoms with van der Waals surface area (Å²) in [7, 11) is 0. The second kappa shape index (κ2) is 9.04. The number of aromatic nitrogens is 1. The summed E-state index contributed by atoms with van der Waals surface area (Å²) in [6.45, 7) is 5.09. The Morgan fingerprint density at radius 2 is 2.07 bits per heavy atom. The molecule has 3 heterocycles. The number of fused-ring (bicyclic) bond motifs is 1. The average Bonchev–Trinajstić information content (AvgIpc) is 3.20.